The van der Waals surface area contributed by atoms with Crippen molar-refractivity contribution in [1.29, 1.82) is 0 Å². The van der Waals surface area contributed by atoms with Gasteiger partial charge < -0.3 is 10.2 Å². The van der Waals surface area contributed by atoms with Crippen LogP contribution in [0, 0.1) is 18.3 Å². The Morgan fingerprint density at radius 2 is 2.20 bits per heavy atom. The van der Waals surface area contributed by atoms with E-state index in [9.17, 15) is 9.59 Å². The Hall–Kier alpha value is -1.50. The van der Waals surface area contributed by atoms with Crippen molar-refractivity contribution in [2.24, 2.45) is 5.92 Å². The summed E-state index contributed by atoms with van der Waals surface area (Å²) in [6.45, 7) is 0.649. The SMILES string of the molecule is C#CCCN1CC(=O)NC(C2CC2)C1=O. The van der Waals surface area contributed by atoms with Crippen molar-refractivity contribution < 1.29 is 9.59 Å². The van der Waals surface area contributed by atoms with Crippen LogP contribution in [-0.2, 0) is 9.59 Å². The molecule has 1 N–H and O–H groups in total. The molecule has 1 atom stereocenters. The molecule has 1 aliphatic carbocycles. The van der Waals surface area contributed by atoms with Crippen molar-refractivity contribution in [3.63, 3.8) is 0 Å². The number of hydrogen-bond donors (Lipinski definition) is 1. The largest absolute Gasteiger partial charge is 0.342 e. The van der Waals surface area contributed by atoms with Crippen LogP contribution in [0.3, 0.4) is 0 Å². The van der Waals surface area contributed by atoms with Crippen molar-refractivity contribution in [3.05, 3.63) is 0 Å². The minimum Gasteiger partial charge on any atom is -0.342 e. The van der Waals surface area contributed by atoms with Crippen molar-refractivity contribution in [2.45, 2.75) is 25.3 Å². The van der Waals surface area contributed by atoms with E-state index in [1.54, 1.807) is 4.90 Å². The van der Waals surface area contributed by atoms with E-state index >= 15 is 0 Å². The molecule has 2 amide bonds. The van der Waals surface area contributed by atoms with E-state index in [4.69, 9.17) is 6.42 Å². The zero-order valence-corrected chi connectivity index (χ0v) is 8.53. The summed E-state index contributed by atoms with van der Waals surface area (Å²) in [5.41, 5.74) is 0. The minimum absolute atomic E-state index is 0.0346. The highest BCUT2D eigenvalue weighted by atomic mass is 16.2. The Kier molecular flexibility index (Phi) is 2.63. The fraction of sp³-hybridized carbons (Fsp3) is 0.636. The fourth-order valence-electron chi connectivity index (χ4n) is 1.87. The van der Waals surface area contributed by atoms with Gasteiger partial charge in [0, 0.05) is 13.0 Å². The number of piperazine rings is 1. The summed E-state index contributed by atoms with van der Waals surface area (Å²) in [5.74, 6) is 2.81. The molecule has 0 aromatic rings. The molecular weight excluding hydrogens is 192 g/mol. The van der Waals surface area contributed by atoms with Crippen LogP contribution in [-0.4, -0.2) is 35.8 Å². The number of hydrogen-bond acceptors (Lipinski definition) is 2. The summed E-state index contributed by atoms with van der Waals surface area (Å²) in [6, 6.07) is -0.288. The molecule has 2 rings (SSSR count). The molecule has 80 valence electrons. The highest BCUT2D eigenvalue weighted by Crippen LogP contribution is 2.34. The maximum absolute atomic E-state index is 11.9. The molecular formula is C11H14N2O2. The highest BCUT2D eigenvalue weighted by Gasteiger charge is 2.42. The second-order valence-corrected chi connectivity index (χ2v) is 4.10. The minimum atomic E-state index is -0.288. The number of terminal acetylenes is 1. The number of rotatable bonds is 3. The van der Waals surface area contributed by atoms with Crippen LogP contribution in [0.1, 0.15) is 19.3 Å². The van der Waals surface area contributed by atoms with Gasteiger partial charge in [0.2, 0.25) is 11.8 Å². The lowest BCUT2D eigenvalue weighted by atomic mass is 10.1. The average molecular weight is 206 g/mol. The first-order valence-electron chi connectivity index (χ1n) is 5.24. The lowest BCUT2D eigenvalue weighted by molar-refractivity contribution is -0.144. The van der Waals surface area contributed by atoms with Gasteiger partial charge in [-0.25, -0.2) is 0 Å². The number of nitrogens with one attached hydrogen (secondary N) is 1. The molecule has 0 spiro atoms. The van der Waals surface area contributed by atoms with Gasteiger partial charge in [0.05, 0.1) is 6.54 Å². The fourth-order valence-corrected chi connectivity index (χ4v) is 1.87. The van der Waals surface area contributed by atoms with E-state index in [0.717, 1.165) is 12.8 Å². The van der Waals surface area contributed by atoms with Gasteiger partial charge in [0.1, 0.15) is 6.04 Å². The molecule has 4 nitrogen and oxygen atoms in total. The first kappa shape index (κ1) is 10.0. The molecule has 2 fully saturated rings. The summed E-state index contributed by atoms with van der Waals surface area (Å²) >= 11 is 0. The van der Waals surface area contributed by atoms with Crippen LogP contribution >= 0.6 is 0 Å². The molecule has 0 bridgehead atoms. The Bertz CT molecular complexity index is 328. The van der Waals surface area contributed by atoms with E-state index in [-0.39, 0.29) is 24.4 Å². The van der Waals surface area contributed by atoms with Gasteiger partial charge in [0.25, 0.3) is 0 Å². The molecule has 1 unspecified atom stereocenters. The normalized spacial score (nSPS) is 26.1. The standard InChI is InChI=1S/C11H14N2O2/c1-2-3-6-13-7-9(14)12-10(11(13)15)8-4-5-8/h1,8,10H,3-7H2,(H,12,14). The van der Waals surface area contributed by atoms with Gasteiger partial charge in [-0.05, 0) is 18.8 Å². The molecule has 15 heavy (non-hydrogen) atoms. The lowest BCUT2D eigenvalue weighted by Crippen LogP contribution is -2.58. The summed E-state index contributed by atoms with van der Waals surface area (Å²) in [5, 5.41) is 2.75. The smallest absolute Gasteiger partial charge is 0.245 e. The van der Waals surface area contributed by atoms with E-state index < -0.39 is 0 Å². The Labute approximate surface area is 89.0 Å². The second-order valence-electron chi connectivity index (χ2n) is 4.10. The van der Waals surface area contributed by atoms with Crippen LogP contribution in [0.2, 0.25) is 0 Å². The highest BCUT2D eigenvalue weighted by molar-refractivity contribution is 5.95. The van der Waals surface area contributed by atoms with E-state index in [2.05, 4.69) is 11.2 Å². The quantitative estimate of drug-likeness (QED) is 0.647. The number of amides is 2. The summed E-state index contributed by atoms with van der Waals surface area (Å²) in [7, 11) is 0. The summed E-state index contributed by atoms with van der Waals surface area (Å²) in [4.78, 5) is 24.8. The van der Waals surface area contributed by atoms with Crippen LogP contribution in [0.25, 0.3) is 0 Å². The molecule has 4 heteroatoms. The van der Waals surface area contributed by atoms with Crippen molar-refractivity contribution in [1.82, 2.24) is 10.2 Å². The van der Waals surface area contributed by atoms with Gasteiger partial charge in [-0.1, -0.05) is 0 Å². The zero-order chi connectivity index (χ0) is 10.8. The third-order valence-electron chi connectivity index (χ3n) is 2.85. The predicted octanol–water partition coefficient (Wildman–Crippen LogP) is -0.253. The summed E-state index contributed by atoms with van der Waals surface area (Å²) < 4.78 is 0. The van der Waals surface area contributed by atoms with Gasteiger partial charge in [-0.15, -0.1) is 12.3 Å². The molecule has 0 radical (unpaired) electrons. The Morgan fingerprint density at radius 1 is 1.47 bits per heavy atom. The Morgan fingerprint density at radius 3 is 2.80 bits per heavy atom. The van der Waals surface area contributed by atoms with E-state index in [1.165, 1.54) is 0 Å². The molecule has 1 heterocycles. The molecule has 0 aromatic carbocycles. The molecule has 2 aliphatic rings. The van der Waals surface area contributed by atoms with E-state index in [0.29, 0.717) is 18.9 Å². The number of carbonyl (C=O) groups excluding carboxylic acids is 2. The van der Waals surface area contributed by atoms with Crippen LogP contribution < -0.4 is 5.32 Å². The molecule has 1 saturated carbocycles. The van der Waals surface area contributed by atoms with Gasteiger partial charge in [-0.3, -0.25) is 9.59 Å². The lowest BCUT2D eigenvalue weighted by Gasteiger charge is -2.32. The monoisotopic (exact) mass is 206 g/mol. The molecule has 1 aliphatic heterocycles. The number of nitrogens with zero attached hydrogens (tertiary/aromatic N) is 1. The van der Waals surface area contributed by atoms with Crippen molar-refractivity contribution in [2.75, 3.05) is 13.1 Å². The second kappa shape index (κ2) is 3.93. The molecule has 0 aromatic heterocycles. The Balaban J connectivity index is 2.01. The zero-order valence-electron chi connectivity index (χ0n) is 8.53. The third-order valence-corrected chi connectivity index (χ3v) is 2.85. The maximum atomic E-state index is 11.9. The predicted molar refractivity (Wildman–Crippen MR) is 54.7 cm³/mol. The van der Waals surface area contributed by atoms with Crippen molar-refractivity contribution >= 4 is 11.8 Å². The first-order valence-corrected chi connectivity index (χ1v) is 5.24. The van der Waals surface area contributed by atoms with Crippen molar-refractivity contribution in [3.8, 4) is 12.3 Å². The maximum Gasteiger partial charge on any atom is 0.245 e. The van der Waals surface area contributed by atoms with Crippen LogP contribution in [0.4, 0.5) is 0 Å². The number of carbonyl (C=O) groups is 2. The molecule has 1 saturated heterocycles. The van der Waals surface area contributed by atoms with Gasteiger partial charge in [0.15, 0.2) is 0 Å². The third kappa shape index (κ3) is 2.12. The van der Waals surface area contributed by atoms with Gasteiger partial charge >= 0.3 is 0 Å². The van der Waals surface area contributed by atoms with Gasteiger partial charge in [-0.2, -0.15) is 0 Å². The van der Waals surface area contributed by atoms with Crippen LogP contribution in [0.15, 0.2) is 0 Å². The van der Waals surface area contributed by atoms with Crippen LogP contribution in [0.5, 0.6) is 0 Å². The first-order chi connectivity index (χ1) is 7.22. The van der Waals surface area contributed by atoms with E-state index in [1.807, 2.05) is 0 Å². The topological polar surface area (TPSA) is 49.4 Å². The average Bonchev–Trinajstić information content (AvgIpc) is 3.02. The summed E-state index contributed by atoms with van der Waals surface area (Å²) in [6.07, 6.45) is 7.74.